The highest BCUT2D eigenvalue weighted by Crippen LogP contribution is 2.34. The van der Waals surface area contributed by atoms with Crippen LogP contribution in [0.1, 0.15) is 6.42 Å². The average Bonchev–Trinajstić information content (AvgIpc) is 2.95. The van der Waals surface area contributed by atoms with E-state index in [9.17, 15) is 18.0 Å². The van der Waals surface area contributed by atoms with Gasteiger partial charge in [-0.2, -0.15) is 18.3 Å². The molecule has 1 heterocycles. The number of nitrogens with zero attached hydrogens (tertiary/aromatic N) is 2. The quantitative estimate of drug-likeness (QED) is 0.673. The summed E-state index contributed by atoms with van der Waals surface area (Å²) in [6.07, 6.45) is -4.24. The van der Waals surface area contributed by atoms with Gasteiger partial charge in [0, 0.05) is 31.0 Å². The zero-order valence-corrected chi connectivity index (χ0v) is 15.1. The Bertz CT molecular complexity index is 998. The molecule has 0 fully saturated rings. The summed E-state index contributed by atoms with van der Waals surface area (Å²) < 4.78 is 44.1. The van der Waals surface area contributed by atoms with Crippen LogP contribution >= 0.6 is 0 Å². The summed E-state index contributed by atoms with van der Waals surface area (Å²) >= 11 is 0. The molecule has 0 aliphatic carbocycles. The molecule has 3 N–H and O–H groups in total. The maximum atomic E-state index is 12.5. The lowest BCUT2D eigenvalue weighted by molar-refractivity contribution is -0.153. The van der Waals surface area contributed by atoms with Crippen molar-refractivity contribution in [2.45, 2.75) is 12.6 Å². The Labute approximate surface area is 159 Å². The second-order valence-electron chi connectivity index (χ2n) is 6.19. The van der Waals surface area contributed by atoms with Gasteiger partial charge in [-0.3, -0.25) is 9.48 Å². The molecule has 148 valence electrons. The number of nitrogens with one attached hydrogen (secondary N) is 1. The van der Waals surface area contributed by atoms with E-state index in [2.05, 4.69) is 10.4 Å². The molecule has 1 amide bonds. The van der Waals surface area contributed by atoms with Crippen molar-refractivity contribution >= 4 is 22.6 Å². The molecule has 0 atom stereocenters. The van der Waals surface area contributed by atoms with Gasteiger partial charge in [0.1, 0.15) is 5.75 Å². The van der Waals surface area contributed by atoms with Gasteiger partial charge < -0.3 is 15.8 Å². The van der Waals surface area contributed by atoms with Gasteiger partial charge in [-0.15, -0.1) is 0 Å². The Morgan fingerprint density at radius 2 is 2.00 bits per heavy atom. The number of hydrogen-bond donors (Lipinski definition) is 2. The first kappa shape index (κ1) is 19.7. The van der Waals surface area contributed by atoms with Gasteiger partial charge in [-0.25, -0.2) is 0 Å². The summed E-state index contributed by atoms with van der Waals surface area (Å²) in [7, 11) is 1.72. The van der Waals surface area contributed by atoms with Crippen LogP contribution in [0.3, 0.4) is 0 Å². The molecular weight excluding hydrogens is 373 g/mol. The van der Waals surface area contributed by atoms with Crippen molar-refractivity contribution in [2.24, 2.45) is 12.8 Å². The molecule has 0 saturated carbocycles. The molecule has 0 spiro atoms. The maximum Gasteiger partial charge on any atom is 0.422 e. The molecule has 6 nitrogen and oxygen atoms in total. The van der Waals surface area contributed by atoms with Crippen LogP contribution in [0.4, 0.5) is 19.0 Å². The first-order valence-corrected chi connectivity index (χ1v) is 8.54. The van der Waals surface area contributed by atoms with Crippen molar-refractivity contribution < 1.29 is 22.7 Å². The fraction of sp³-hybridized carbons (Fsp3) is 0.263. The largest absolute Gasteiger partial charge is 0.483 e. The van der Waals surface area contributed by atoms with Crippen molar-refractivity contribution in [3.63, 3.8) is 0 Å². The maximum absolute atomic E-state index is 12.5. The minimum Gasteiger partial charge on any atom is -0.483 e. The molecule has 0 aliphatic heterocycles. The predicted octanol–water partition coefficient (Wildman–Crippen LogP) is 3.47. The number of benzene rings is 2. The predicted molar refractivity (Wildman–Crippen MR) is 100 cm³/mol. The van der Waals surface area contributed by atoms with Gasteiger partial charge in [0.2, 0.25) is 5.91 Å². The molecule has 3 rings (SSSR count). The highest BCUT2D eigenvalue weighted by molar-refractivity contribution is 6.01. The lowest BCUT2D eigenvalue weighted by Gasteiger charge is -2.13. The number of para-hydroxylation sites is 1. The molecule has 28 heavy (non-hydrogen) atoms. The number of rotatable bonds is 6. The number of carbonyl (C=O) groups is 1. The fourth-order valence-corrected chi connectivity index (χ4v) is 2.83. The molecule has 3 aromatic rings. The fourth-order valence-electron chi connectivity index (χ4n) is 2.83. The van der Waals surface area contributed by atoms with E-state index < -0.39 is 12.8 Å². The van der Waals surface area contributed by atoms with Crippen LogP contribution in [0.25, 0.3) is 22.0 Å². The standard InChI is InChI=1S/C19H19F3N4O2/c1-26-15-10-12(6-7-14(15)18(25-26)24-17(27)8-9-23)13-4-2-3-5-16(13)28-11-19(20,21)22/h2-7,10H,8-9,11,23H2,1H3,(H,24,25,27). The summed E-state index contributed by atoms with van der Waals surface area (Å²) in [5, 5.41) is 7.73. The van der Waals surface area contributed by atoms with Crippen molar-refractivity contribution in [1.29, 1.82) is 0 Å². The number of aromatic nitrogens is 2. The number of halogens is 3. The number of aryl methyl sites for hydroxylation is 1. The second-order valence-corrected chi connectivity index (χ2v) is 6.19. The van der Waals surface area contributed by atoms with Gasteiger partial charge in [0.05, 0.1) is 5.52 Å². The summed E-state index contributed by atoms with van der Waals surface area (Å²) in [5.41, 5.74) is 7.30. The van der Waals surface area contributed by atoms with Crippen LogP contribution < -0.4 is 15.8 Å². The van der Waals surface area contributed by atoms with Crippen molar-refractivity contribution in [1.82, 2.24) is 9.78 Å². The SMILES string of the molecule is Cn1nc(NC(=O)CCN)c2ccc(-c3ccccc3OCC(F)(F)F)cc21. The zero-order chi connectivity index (χ0) is 20.3. The van der Waals surface area contributed by atoms with Gasteiger partial charge in [-0.05, 0) is 23.8 Å². The smallest absolute Gasteiger partial charge is 0.422 e. The van der Waals surface area contributed by atoms with E-state index in [1.54, 1.807) is 48.1 Å². The van der Waals surface area contributed by atoms with Crippen LogP contribution in [0, 0.1) is 0 Å². The topological polar surface area (TPSA) is 82.2 Å². The minimum absolute atomic E-state index is 0.137. The molecule has 0 aliphatic rings. The molecule has 0 bridgehead atoms. The number of amides is 1. The van der Waals surface area contributed by atoms with Crippen LogP contribution in [-0.4, -0.2) is 35.0 Å². The number of ether oxygens (including phenoxy) is 1. The van der Waals surface area contributed by atoms with Crippen LogP contribution in [0.2, 0.25) is 0 Å². The summed E-state index contributed by atoms with van der Waals surface area (Å²) in [4.78, 5) is 11.8. The number of nitrogens with two attached hydrogens (primary N) is 1. The van der Waals surface area contributed by atoms with Gasteiger partial charge >= 0.3 is 6.18 Å². The first-order chi connectivity index (χ1) is 13.3. The summed E-state index contributed by atoms with van der Waals surface area (Å²) in [5.74, 6) is 0.305. The number of anilines is 1. The average molecular weight is 392 g/mol. The molecule has 0 saturated heterocycles. The lowest BCUT2D eigenvalue weighted by Crippen LogP contribution is -2.19. The molecule has 2 aromatic carbocycles. The molecule has 0 radical (unpaired) electrons. The van der Waals surface area contributed by atoms with Crippen molar-refractivity contribution in [2.75, 3.05) is 18.5 Å². The Balaban J connectivity index is 1.95. The summed E-state index contributed by atoms with van der Waals surface area (Å²) in [6, 6.07) is 11.8. The van der Waals surface area contributed by atoms with Gasteiger partial charge in [-0.1, -0.05) is 24.3 Å². The van der Waals surface area contributed by atoms with Crippen molar-refractivity contribution in [3.05, 3.63) is 42.5 Å². The highest BCUT2D eigenvalue weighted by Gasteiger charge is 2.29. The van der Waals surface area contributed by atoms with E-state index >= 15 is 0 Å². The third-order valence-electron chi connectivity index (χ3n) is 4.07. The normalized spacial score (nSPS) is 11.6. The van der Waals surface area contributed by atoms with Crippen LogP contribution in [-0.2, 0) is 11.8 Å². The van der Waals surface area contributed by atoms with Crippen LogP contribution in [0.5, 0.6) is 5.75 Å². The monoisotopic (exact) mass is 392 g/mol. The van der Waals surface area contributed by atoms with E-state index in [1.165, 1.54) is 6.07 Å². The highest BCUT2D eigenvalue weighted by atomic mass is 19.4. The molecule has 9 heteroatoms. The Morgan fingerprint density at radius 3 is 2.71 bits per heavy atom. The number of carbonyl (C=O) groups excluding carboxylic acids is 1. The third-order valence-corrected chi connectivity index (χ3v) is 4.07. The van der Waals surface area contributed by atoms with Gasteiger partial charge in [0.15, 0.2) is 12.4 Å². The van der Waals surface area contributed by atoms with Crippen molar-refractivity contribution in [3.8, 4) is 16.9 Å². The third kappa shape index (κ3) is 4.42. The van der Waals surface area contributed by atoms with Gasteiger partial charge in [0.25, 0.3) is 0 Å². The second kappa shape index (κ2) is 7.89. The Morgan fingerprint density at radius 1 is 1.25 bits per heavy atom. The zero-order valence-electron chi connectivity index (χ0n) is 15.1. The first-order valence-electron chi connectivity index (χ1n) is 8.54. The molecular formula is C19H19F3N4O2. The number of fused-ring (bicyclic) bond motifs is 1. The van der Waals surface area contributed by atoms with E-state index in [0.29, 0.717) is 27.8 Å². The van der Waals surface area contributed by atoms with E-state index in [0.717, 1.165) is 0 Å². The Hall–Kier alpha value is -3.07. The molecule has 0 unspecified atom stereocenters. The number of hydrogen-bond acceptors (Lipinski definition) is 4. The Kier molecular flexibility index (Phi) is 5.55. The van der Waals surface area contributed by atoms with E-state index in [4.69, 9.17) is 10.5 Å². The lowest BCUT2D eigenvalue weighted by atomic mass is 10.0. The number of alkyl halides is 3. The van der Waals surface area contributed by atoms with E-state index in [-0.39, 0.29) is 24.6 Å². The minimum atomic E-state index is -4.42. The molecule has 1 aromatic heterocycles. The summed E-state index contributed by atoms with van der Waals surface area (Å²) in [6.45, 7) is -1.13. The van der Waals surface area contributed by atoms with Crippen LogP contribution in [0.15, 0.2) is 42.5 Å². The van der Waals surface area contributed by atoms with E-state index in [1.807, 2.05) is 0 Å².